The van der Waals surface area contributed by atoms with Crippen LogP contribution < -0.4 is 10.6 Å². The zero-order valence-electron chi connectivity index (χ0n) is 10.7. The summed E-state index contributed by atoms with van der Waals surface area (Å²) < 4.78 is 10.9. The minimum absolute atomic E-state index is 0.198. The van der Waals surface area contributed by atoms with Crippen LogP contribution in [0.15, 0.2) is 18.3 Å². The Bertz CT molecular complexity index is 424. The highest BCUT2D eigenvalue weighted by Crippen LogP contribution is 2.07. The zero-order valence-corrected chi connectivity index (χ0v) is 11.5. The summed E-state index contributed by atoms with van der Waals surface area (Å²) in [4.78, 5) is 15.8. The molecule has 1 amide bonds. The second kappa shape index (κ2) is 7.81. The number of nitrogens with one attached hydrogen (secondary N) is 2. The summed E-state index contributed by atoms with van der Waals surface area (Å²) in [5, 5.41) is 5.88. The molecule has 0 bridgehead atoms. The Morgan fingerprint density at radius 1 is 1.50 bits per heavy atom. The van der Waals surface area contributed by atoms with Crippen molar-refractivity contribution in [1.29, 1.82) is 0 Å². The second-order valence-corrected chi connectivity index (χ2v) is 5.40. The van der Waals surface area contributed by atoms with E-state index in [4.69, 9.17) is 0 Å². The maximum atomic E-state index is 11.8. The van der Waals surface area contributed by atoms with Gasteiger partial charge >= 0.3 is 0 Å². The quantitative estimate of drug-likeness (QED) is 0.725. The number of rotatable bonds is 7. The summed E-state index contributed by atoms with van der Waals surface area (Å²) in [6, 6.07) is 3.54. The molecule has 0 saturated carbocycles. The molecule has 1 unspecified atom stereocenters. The van der Waals surface area contributed by atoms with Gasteiger partial charge < -0.3 is 10.6 Å². The van der Waals surface area contributed by atoms with Gasteiger partial charge in [0.2, 0.25) is 0 Å². The van der Waals surface area contributed by atoms with Crippen molar-refractivity contribution in [3.05, 3.63) is 24.0 Å². The molecule has 2 N–H and O–H groups in total. The van der Waals surface area contributed by atoms with E-state index < -0.39 is 10.8 Å². The zero-order chi connectivity index (χ0) is 13.4. The molecular formula is C12H19N3O2S. The largest absolute Gasteiger partial charge is 0.385 e. The SMILES string of the molecule is CCNc1ccnc(C(=O)NCCCS(C)=O)c1. The molecule has 18 heavy (non-hydrogen) atoms. The third-order valence-electron chi connectivity index (χ3n) is 2.27. The summed E-state index contributed by atoms with van der Waals surface area (Å²) in [5.41, 5.74) is 1.28. The van der Waals surface area contributed by atoms with Gasteiger partial charge in [0.1, 0.15) is 5.69 Å². The average molecular weight is 269 g/mol. The fourth-order valence-electron chi connectivity index (χ4n) is 1.44. The normalized spacial score (nSPS) is 11.9. The first-order valence-corrected chi connectivity index (χ1v) is 7.64. The van der Waals surface area contributed by atoms with Crippen LogP contribution >= 0.6 is 0 Å². The molecule has 0 aliphatic rings. The molecule has 1 aromatic rings. The minimum atomic E-state index is -0.808. The molecule has 0 fully saturated rings. The molecule has 1 heterocycles. The first-order chi connectivity index (χ1) is 8.63. The molecule has 0 spiro atoms. The first kappa shape index (κ1) is 14.6. The number of carbonyl (C=O) groups is 1. The van der Waals surface area contributed by atoms with Gasteiger partial charge in [-0.2, -0.15) is 0 Å². The van der Waals surface area contributed by atoms with Crippen molar-refractivity contribution in [3.8, 4) is 0 Å². The average Bonchev–Trinajstić information content (AvgIpc) is 2.35. The Morgan fingerprint density at radius 3 is 2.94 bits per heavy atom. The predicted octanol–water partition coefficient (Wildman–Crippen LogP) is 1.01. The molecule has 1 atom stereocenters. The van der Waals surface area contributed by atoms with E-state index in [-0.39, 0.29) is 5.91 Å². The lowest BCUT2D eigenvalue weighted by atomic mass is 10.3. The number of hydrogen-bond donors (Lipinski definition) is 2. The fourth-order valence-corrected chi connectivity index (χ4v) is 1.99. The Balaban J connectivity index is 2.45. The van der Waals surface area contributed by atoms with Gasteiger partial charge in [-0.3, -0.25) is 14.0 Å². The van der Waals surface area contributed by atoms with Crippen LogP contribution in [0.5, 0.6) is 0 Å². The summed E-state index contributed by atoms with van der Waals surface area (Å²) in [7, 11) is -0.808. The lowest BCUT2D eigenvalue weighted by Crippen LogP contribution is -2.26. The first-order valence-electron chi connectivity index (χ1n) is 5.91. The van der Waals surface area contributed by atoms with Gasteiger partial charge in [0.15, 0.2) is 0 Å². The number of nitrogens with zero attached hydrogens (tertiary/aromatic N) is 1. The van der Waals surface area contributed by atoms with Gasteiger partial charge in [-0.25, -0.2) is 0 Å². The molecule has 0 radical (unpaired) electrons. The van der Waals surface area contributed by atoms with Crippen molar-refractivity contribution in [2.45, 2.75) is 13.3 Å². The third kappa shape index (κ3) is 5.27. The third-order valence-corrected chi connectivity index (χ3v) is 3.13. The van der Waals surface area contributed by atoms with Gasteiger partial charge in [0, 0.05) is 47.8 Å². The van der Waals surface area contributed by atoms with E-state index in [0.717, 1.165) is 12.2 Å². The van der Waals surface area contributed by atoms with Gasteiger partial charge in [0.25, 0.3) is 5.91 Å². The van der Waals surface area contributed by atoms with E-state index >= 15 is 0 Å². The molecule has 0 aliphatic carbocycles. The van der Waals surface area contributed by atoms with Crippen LogP contribution in [0.4, 0.5) is 5.69 Å². The van der Waals surface area contributed by atoms with E-state index in [9.17, 15) is 9.00 Å². The molecule has 6 heteroatoms. The Kier molecular flexibility index (Phi) is 6.35. The molecule has 1 rings (SSSR count). The smallest absolute Gasteiger partial charge is 0.269 e. The summed E-state index contributed by atoms with van der Waals surface area (Å²) in [6.07, 6.45) is 3.97. The van der Waals surface area contributed by atoms with Crippen LogP contribution in [0.25, 0.3) is 0 Å². The number of carbonyl (C=O) groups excluding carboxylic acids is 1. The van der Waals surface area contributed by atoms with Gasteiger partial charge in [-0.05, 0) is 25.5 Å². The molecule has 0 saturated heterocycles. The van der Waals surface area contributed by atoms with E-state index in [1.807, 2.05) is 13.0 Å². The van der Waals surface area contributed by atoms with E-state index in [2.05, 4.69) is 15.6 Å². The standard InChI is InChI=1S/C12H19N3O2S/c1-3-13-10-5-7-14-11(9-10)12(16)15-6-4-8-18(2)17/h5,7,9H,3-4,6,8H2,1-2H3,(H,13,14)(H,15,16). The van der Waals surface area contributed by atoms with E-state index in [1.54, 1.807) is 18.5 Å². The van der Waals surface area contributed by atoms with Crippen molar-refractivity contribution in [3.63, 3.8) is 0 Å². The van der Waals surface area contributed by atoms with Crippen LogP contribution in [0.1, 0.15) is 23.8 Å². The predicted molar refractivity (Wildman–Crippen MR) is 74.3 cm³/mol. The Labute approximate surface area is 110 Å². The van der Waals surface area contributed by atoms with Crippen LogP contribution in [-0.4, -0.2) is 40.2 Å². The molecule has 0 aromatic carbocycles. The van der Waals surface area contributed by atoms with E-state index in [1.165, 1.54) is 0 Å². The number of anilines is 1. The van der Waals surface area contributed by atoms with Crippen molar-refractivity contribution < 1.29 is 9.00 Å². The van der Waals surface area contributed by atoms with Crippen molar-refractivity contribution >= 4 is 22.4 Å². The minimum Gasteiger partial charge on any atom is -0.385 e. The highest BCUT2D eigenvalue weighted by molar-refractivity contribution is 7.84. The monoisotopic (exact) mass is 269 g/mol. The second-order valence-electron chi connectivity index (χ2n) is 3.85. The van der Waals surface area contributed by atoms with Gasteiger partial charge in [0.05, 0.1) is 0 Å². The van der Waals surface area contributed by atoms with Crippen molar-refractivity contribution in [1.82, 2.24) is 10.3 Å². The highest BCUT2D eigenvalue weighted by Gasteiger charge is 2.06. The highest BCUT2D eigenvalue weighted by atomic mass is 32.2. The molecule has 0 aliphatic heterocycles. The molecule has 100 valence electrons. The molecule has 5 nitrogen and oxygen atoms in total. The number of pyridine rings is 1. The van der Waals surface area contributed by atoms with Crippen molar-refractivity contribution in [2.75, 3.05) is 30.4 Å². The number of amides is 1. The Morgan fingerprint density at radius 2 is 2.28 bits per heavy atom. The lowest BCUT2D eigenvalue weighted by molar-refractivity contribution is 0.0949. The maximum absolute atomic E-state index is 11.8. The summed E-state index contributed by atoms with van der Waals surface area (Å²) >= 11 is 0. The molecule has 1 aromatic heterocycles. The van der Waals surface area contributed by atoms with Crippen molar-refractivity contribution in [2.24, 2.45) is 0 Å². The van der Waals surface area contributed by atoms with Crippen LogP contribution in [0, 0.1) is 0 Å². The fraction of sp³-hybridized carbons (Fsp3) is 0.500. The number of aromatic nitrogens is 1. The van der Waals surface area contributed by atoms with Crippen LogP contribution in [0.2, 0.25) is 0 Å². The van der Waals surface area contributed by atoms with Gasteiger partial charge in [-0.15, -0.1) is 0 Å². The van der Waals surface area contributed by atoms with Gasteiger partial charge in [-0.1, -0.05) is 0 Å². The van der Waals surface area contributed by atoms with E-state index in [0.29, 0.717) is 24.4 Å². The van der Waals surface area contributed by atoms with Crippen LogP contribution in [0.3, 0.4) is 0 Å². The molecular weight excluding hydrogens is 250 g/mol. The summed E-state index contributed by atoms with van der Waals surface area (Å²) in [6.45, 7) is 3.31. The van der Waals surface area contributed by atoms with Crippen LogP contribution in [-0.2, 0) is 10.8 Å². The maximum Gasteiger partial charge on any atom is 0.269 e. The number of hydrogen-bond acceptors (Lipinski definition) is 4. The summed E-state index contributed by atoms with van der Waals surface area (Å²) in [5.74, 6) is 0.405. The lowest BCUT2D eigenvalue weighted by Gasteiger charge is -2.06. The topological polar surface area (TPSA) is 71.1 Å². The Hall–Kier alpha value is -1.43.